The normalized spacial score (nSPS) is 13.3. The third kappa shape index (κ3) is 19.0. The molecule has 0 aromatic rings. The second-order valence-electron chi connectivity index (χ2n) is 8.82. The first-order valence-corrected chi connectivity index (χ1v) is 12.5. The fourth-order valence-electron chi connectivity index (χ4n) is 3.30. The lowest BCUT2D eigenvalue weighted by atomic mass is 9.96. The van der Waals surface area contributed by atoms with Crippen LogP contribution in [-0.2, 0) is 19.4 Å². The van der Waals surface area contributed by atoms with Crippen molar-refractivity contribution >= 4 is 11.9 Å². The Bertz CT molecular complexity index is 478. The molecule has 0 saturated carbocycles. The highest BCUT2D eigenvalue weighted by atomic mass is 17.2. The van der Waals surface area contributed by atoms with Gasteiger partial charge in [0.25, 0.3) is 0 Å². The Morgan fingerprint density at radius 3 is 1.90 bits per heavy atom. The molecule has 0 aliphatic rings. The molecule has 0 aliphatic carbocycles. The SMILES string of the molecule is CCCCCCCC/C=C\CCCCCCCC(=O)OOC(=O)C(C)(N)CCCCN. The van der Waals surface area contributed by atoms with Crippen LogP contribution >= 0.6 is 0 Å². The zero-order valence-corrected chi connectivity index (χ0v) is 20.2. The second kappa shape index (κ2) is 20.5. The van der Waals surface area contributed by atoms with E-state index >= 15 is 0 Å². The molecular formula is C25H48N2O4. The van der Waals surface area contributed by atoms with Crippen LogP contribution in [0.4, 0.5) is 0 Å². The van der Waals surface area contributed by atoms with Gasteiger partial charge in [-0.1, -0.05) is 70.4 Å². The molecule has 0 spiro atoms. The Hall–Kier alpha value is -1.40. The highest BCUT2D eigenvalue weighted by Crippen LogP contribution is 2.14. The van der Waals surface area contributed by atoms with E-state index in [-0.39, 0.29) is 6.42 Å². The first-order chi connectivity index (χ1) is 14.9. The standard InChI is InChI=1S/C25H48N2O4/c1-3-4-5-6-7-8-9-10-11-12-13-14-15-16-17-20-23(28)30-31-24(29)25(2,27)21-18-19-22-26/h10-11H,3-9,12-22,26-27H2,1-2H3/b11-10-. The van der Waals surface area contributed by atoms with Crippen molar-refractivity contribution in [2.45, 2.75) is 129 Å². The molecule has 1 atom stereocenters. The fraction of sp³-hybridized carbons (Fsp3) is 0.840. The van der Waals surface area contributed by atoms with Crippen LogP contribution in [0.2, 0.25) is 0 Å². The first kappa shape index (κ1) is 29.6. The quantitative estimate of drug-likeness (QED) is 0.106. The number of carbonyl (C=O) groups is 2. The zero-order valence-electron chi connectivity index (χ0n) is 20.2. The van der Waals surface area contributed by atoms with E-state index in [0.717, 1.165) is 38.5 Å². The van der Waals surface area contributed by atoms with Gasteiger partial charge in [-0.2, -0.15) is 0 Å². The van der Waals surface area contributed by atoms with Crippen molar-refractivity contribution in [2.75, 3.05) is 6.54 Å². The lowest BCUT2D eigenvalue weighted by Gasteiger charge is -2.20. The number of nitrogens with two attached hydrogens (primary N) is 2. The van der Waals surface area contributed by atoms with Crippen LogP contribution in [0.3, 0.4) is 0 Å². The predicted octanol–water partition coefficient (Wildman–Crippen LogP) is 5.87. The summed E-state index contributed by atoms with van der Waals surface area (Å²) in [4.78, 5) is 32.9. The molecule has 0 saturated heterocycles. The van der Waals surface area contributed by atoms with Gasteiger partial charge in [0.1, 0.15) is 5.54 Å². The molecular weight excluding hydrogens is 392 g/mol. The van der Waals surface area contributed by atoms with Gasteiger partial charge in [0.05, 0.1) is 6.42 Å². The Balaban J connectivity index is 3.53. The molecule has 31 heavy (non-hydrogen) atoms. The van der Waals surface area contributed by atoms with Crippen LogP contribution in [-0.4, -0.2) is 24.0 Å². The van der Waals surface area contributed by atoms with Gasteiger partial charge in [-0.05, 0) is 64.8 Å². The van der Waals surface area contributed by atoms with E-state index in [1.165, 1.54) is 57.8 Å². The highest BCUT2D eigenvalue weighted by Gasteiger charge is 2.31. The maximum absolute atomic E-state index is 11.9. The van der Waals surface area contributed by atoms with E-state index in [4.69, 9.17) is 11.5 Å². The number of unbranched alkanes of at least 4 members (excludes halogenated alkanes) is 12. The first-order valence-electron chi connectivity index (χ1n) is 12.5. The monoisotopic (exact) mass is 440 g/mol. The summed E-state index contributed by atoms with van der Waals surface area (Å²) >= 11 is 0. The van der Waals surface area contributed by atoms with Crippen molar-refractivity contribution in [1.29, 1.82) is 0 Å². The van der Waals surface area contributed by atoms with Gasteiger partial charge in [0.15, 0.2) is 0 Å². The van der Waals surface area contributed by atoms with E-state index < -0.39 is 17.5 Å². The Morgan fingerprint density at radius 2 is 1.32 bits per heavy atom. The Kier molecular flexibility index (Phi) is 19.6. The minimum absolute atomic E-state index is 0.250. The summed E-state index contributed by atoms with van der Waals surface area (Å²) in [5, 5.41) is 0. The van der Waals surface area contributed by atoms with Crippen molar-refractivity contribution in [3.05, 3.63) is 12.2 Å². The van der Waals surface area contributed by atoms with Crippen molar-refractivity contribution in [3.8, 4) is 0 Å². The van der Waals surface area contributed by atoms with Crippen LogP contribution in [0, 0.1) is 0 Å². The number of rotatable bonds is 20. The van der Waals surface area contributed by atoms with E-state index in [1.54, 1.807) is 6.92 Å². The van der Waals surface area contributed by atoms with E-state index in [2.05, 4.69) is 28.9 Å². The van der Waals surface area contributed by atoms with Crippen LogP contribution < -0.4 is 11.5 Å². The molecule has 0 amide bonds. The smallest absolute Gasteiger partial charge is 0.330 e. The van der Waals surface area contributed by atoms with Crippen LogP contribution in [0.5, 0.6) is 0 Å². The third-order valence-electron chi connectivity index (χ3n) is 5.47. The number of hydrogen-bond donors (Lipinski definition) is 2. The van der Waals surface area contributed by atoms with Gasteiger partial charge in [0, 0.05) is 0 Å². The summed E-state index contributed by atoms with van der Waals surface area (Å²) in [6.45, 7) is 4.38. The molecule has 182 valence electrons. The summed E-state index contributed by atoms with van der Waals surface area (Å²) in [7, 11) is 0. The number of allylic oxidation sites excluding steroid dienone is 2. The maximum atomic E-state index is 11.9. The van der Waals surface area contributed by atoms with E-state index in [9.17, 15) is 9.59 Å². The topological polar surface area (TPSA) is 105 Å². The molecule has 0 aliphatic heterocycles. The van der Waals surface area contributed by atoms with Gasteiger partial charge in [0.2, 0.25) is 0 Å². The van der Waals surface area contributed by atoms with Crippen molar-refractivity contribution < 1.29 is 19.4 Å². The third-order valence-corrected chi connectivity index (χ3v) is 5.47. The van der Waals surface area contributed by atoms with E-state index in [1.807, 2.05) is 0 Å². The van der Waals surface area contributed by atoms with Crippen molar-refractivity contribution in [3.63, 3.8) is 0 Å². The molecule has 6 nitrogen and oxygen atoms in total. The van der Waals surface area contributed by atoms with Gasteiger partial charge < -0.3 is 11.5 Å². The summed E-state index contributed by atoms with van der Waals surface area (Å²) in [6.07, 6.45) is 22.4. The average Bonchev–Trinajstić information content (AvgIpc) is 2.74. The van der Waals surface area contributed by atoms with Gasteiger partial charge >= 0.3 is 11.9 Å². The number of carbonyl (C=O) groups excluding carboxylic acids is 2. The minimum atomic E-state index is -1.17. The molecule has 0 bridgehead atoms. The lowest BCUT2D eigenvalue weighted by molar-refractivity contribution is -0.263. The lowest BCUT2D eigenvalue weighted by Crippen LogP contribution is -2.46. The van der Waals surface area contributed by atoms with Gasteiger partial charge in [-0.3, -0.25) is 0 Å². The van der Waals surface area contributed by atoms with Crippen LogP contribution in [0.25, 0.3) is 0 Å². The molecule has 0 fully saturated rings. The van der Waals surface area contributed by atoms with E-state index in [0.29, 0.717) is 13.0 Å². The fourth-order valence-corrected chi connectivity index (χ4v) is 3.30. The summed E-state index contributed by atoms with van der Waals surface area (Å²) < 4.78 is 0. The molecule has 0 heterocycles. The summed E-state index contributed by atoms with van der Waals surface area (Å²) in [6, 6.07) is 0. The molecule has 0 rings (SSSR count). The average molecular weight is 441 g/mol. The number of hydrogen-bond acceptors (Lipinski definition) is 6. The van der Waals surface area contributed by atoms with Crippen LogP contribution in [0.15, 0.2) is 12.2 Å². The largest absolute Gasteiger partial charge is 0.374 e. The summed E-state index contributed by atoms with van der Waals surface area (Å²) in [5.41, 5.74) is 10.2. The molecule has 0 radical (unpaired) electrons. The second-order valence-corrected chi connectivity index (χ2v) is 8.82. The molecule has 1 unspecified atom stereocenters. The molecule has 0 aromatic carbocycles. The van der Waals surface area contributed by atoms with Gasteiger partial charge in [-0.15, -0.1) is 0 Å². The predicted molar refractivity (Wildman–Crippen MR) is 127 cm³/mol. The Morgan fingerprint density at radius 1 is 0.774 bits per heavy atom. The molecule has 6 heteroatoms. The molecule has 4 N–H and O–H groups in total. The minimum Gasteiger partial charge on any atom is -0.330 e. The summed E-state index contributed by atoms with van der Waals surface area (Å²) in [5.74, 6) is -1.24. The van der Waals surface area contributed by atoms with Crippen molar-refractivity contribution in [1.82, 2.24) is 0 Å². The molecule has 0 aromatic heterocycles. The van der Waals surface area contributed by atoms with Gasteiger partial charge in [-0.25, -0.2) is 19.4 Å². The Labute approximate surface area is 190 Å². The maximum Gasteiger partial charge on any atom is 0.374 e. The zero-order chi connectivity index (χ0) is 23.2. The van der Waals surface area contributed by atoms with Crippen LogP contribution in [0.1, 0.15) is 123 Å². The highest BCUT2D eigenvalue weighted by molar-refractivity contribution is 5.80. The van der Waals surface area contributed by atoms with Crippen molar-refractivity contribution in [2.24, 2.45) is 11.5 Å².